The van der Waals surface area contributed by atoms with Crippen molar-refractivity contribution in [1.29, 1.82) is 0 Å². The first-order valence-electron chi connectivity index (χ1n) is 5.30. The average molecular weight is 285 g/mol. The molecule has 0 saturated carbocycles. The van der Waals surface area contributed by atoms with E-state index >= 15 is 0 Å². The van der Waals surface area contributed by atoms with Crippen molar-refractivity contribution in [2.24, 2.45) is 0 Å². The molecule has 94 valence electrons. The topological polar surface area (TPSA) is 53.9 Å². The predicted molar refractivity (Wildman–Crippen MR) is 68.2 cm³/mol. The van der Waals surface area contributed by atoms with Crippen LogP contribution in [0.1, 0.15) is 11.1 Å². The van der Waals surface area contributed by atoms with Crippen molar-refractivity contribution >= 4 is 23.2 Å². The van der Waals surface area contributed by atoms with E-state index < -0.39 is 0 Å². The maximum Gasteiger partial charge on any atom is 0.185 e. The molecule has 2 aromatic heterocycles. The zero-order valence-electron chi connectivity index (χ0n) is 9.35. The normalized spacial score (nSPS) is 10.6. The maximum atomic E-state index is 11.2. The number of aryl methyl sites for hydroxylation is 2. The summed E-state index contributed by atoms with van der Waals surface area (Å²) in [4.78, 5) is 0. The monoisotopic (exact) mass is 284 g/mol. The second kappa shape index (κ2) is 5.42. The van der Waals surface area contributed by atoms with Crippen LogP contribution in [0, 0.1) is 10.4 Å². The van der Waals surface area contributed by atoms with Crippen LogP contribution in [0.15, 0.2) is 36.9 Å². The SMILES string of the molecule is [O-][n+]1ccc(Cl)c(CCc2c[n+]([O-])ccc2Cl)c1. The molecule has 2 heterocycles. The van der Waals surface area contributed by atoms with Crippen LogP contribution in [0.2, 0.25) is 10.0 Å². The van der Waals surface area contributed by atoms with Gasteiger partial charge in [-0.05, 0) is 12.8 Å². The molecular formula is C12H10Cl2N2O2. The highest BCUT2D eigenvalue weighted by Gasteiger charge is 2.09. The molecule has 0 spiro atoms. The van der Waals surface area contributed by atoms with E-state index in [0.717, 1.165) is 11.1 Å². The Labute approximate surface area is 114 Å². The van der Waals surface area contributed by atoms with E-state index in [-0.39, 0.29) is 0 Å². The highest BCUT2D eigenvalue weighted by atomic mass is 35.5. The van der Waals surface area contributed by atoms with Gasteiger partial charge in [-0.2, -0.15) is 9.46 Å². The number of halogens is 2. The highest BCUT2D eigenvalue weighted by Crippen LogP contribution is 2.18. The molecule has 2 aromatic rings. The van der Waals surface area contributed by atoms with Crippen molar-refractivity contribution in [2.45, 2.75) is 12.8 Å². The maximum absolute atomic E-state index is 11.2. The van der Waals surface area contributed by atoms with E-state index in [1.807, 2.05) is 0 Å². The van der Waals surface area contributed by atoms with Gasteiger partial charge in [0.2, 0.25) is 0 Å². The van der Waals surface area contributed by atoms with Gasteiger partial charge in [0, 0.05) is 23.3 Å². The fourth-order valence-electron chi connectivity index (χ4n) is 1.65. The molecule has 0 aliphatic rings. The molecule has 2 rings (SSSR count). The summed E-state index contributed by atoms with van der Waals surface area (Å²) >= 11 is 12.0. The van der Waals surface area contributed by atoms with Gasteiger partial charge in [-0.15, -0.1) is 0 Å². The quantitative estimate of drug-likeness (QED) is 0.640. The zero-order chi connectivity index (χ0) is 13.1. The molecule has 0 aliphatic carbocycles. The van der Waals surface area contributed by atoms with E-state index in [1.165, 1.54) is 24.8 Å². The standard InChI is InChI=1S/C12H10Cl2N2O2/c13-11-3-5-15(17)7-9(11)1-2-10-8-16(18)6-4-12(10)14/h3-8H,1-2H2. The van der Waals surface area contributed by atoms with Crippen LogP contribution in [-0.4, -0.2) is 0 Å². The summed E-state index contributed by atoms with van der Waals surface area (Å²) in [5, 5.41) is 23.4. The summed E-state index contributed by atoms with van der Waals surface area (Å²) in [7, 11) is 0. The molecule has 0 fully saturated rings. The van der Waals surface area contributed by atoms with Crippen molar-refractivity contribution in [1.82, 2.24) is 0 Å². The number of pyridine rings is 2. The fraction of sp³-hybridized carbons (Fsp3) is 0.167. The average Bonchev–Trinajstić information content (AvgIpc) is 2.34. The van der Waals surface area contributed by atoms with Gasteiger partial charge in [-0.25, -0.2) is 0 Å². The summed E-state index contributed by atoms with van der Waals surface area (Å²) in [5.74, 6) is 0. The van der Waals surface area contributed by atoms with Gasteiger partial charge in [0.1, 0.15) is 0 Å². The van der Waals surface area contributed by atoms with Gasteiger partial charge >= 0.3 is 0 Å². The molecule has 0 bridgehead atoms. The molecule has 18 heavy (non-hydrogen) atoms. The zero-order valence-corrected chi connectivity index (χ0v) is 10.9. The first-order valence-corrected chi connectivity index (χ1v) is 6.06. The van der Waals surface area contributed by atoms with Crippen LogP contribution in [0.4, 0.5) is 0 Å². The number of hydrogen-bond acceptors (Lipinski definition) is 2. The molecule has 0 aliphatic heterocycles. The van der Waals surface area contributed by atoms with Crippen LogP contribution in [0.3, 0.4) is 0 Å². The molecule has 0 atom stereocenters. The molecular weight excluding hydrogens is 275 g/mol. The van der Waals surface area contributed by atoms with Crippen LogP contribution < -0.4 is 9.46 Å². The molecule has 0 saturated heterocycles. The first kappa shape index (κ1) is 12.9. The van der Waals surface area contributed by atoms with Gasteiger partial charge in [0.05, 0.1) is 10.0 Å². The Morgan fingerprint density at radius 1 is 0.833 bits per heavy atom. The Morgan fingerprint density at radius 3 is 1.61 bits per heavy atom. The Hall–Kier alpha value is -1.52. The van der Waals surface area contributed by atoms with Crippen molar-refractivity contribution in [3.05, 3.63) is 68.5 Å². The van der Waals surface area contributed by atoms with E-state index in [2.05, 4.69) is 0 Å². The smallest absolute Gasteiger partial charge is 0.185 e. The second-order valence-electron chi connectivity index (χ2n) is 3.86. The van der Waals surface area contributed by atoms with Crippen molar-refractivity contribution in [2.75, 3.05) is 0 Å². The summed E-state index contributed by atoms with van der Waals surface area (Å²) in [6.07, 6.45) is 6.62. The van der Waals surface area contributed by atoms with Crippen molar-refractivity contribution < 1.29 is 9.46 Å². The predicted octanol–water partition coefficient (Wildman–Crippen LogP) is 2.05. The third-order valence-corrected chi connectivity index (χ3v) is 3.32. The number of nitrogens with zero attached hydrogens (tertiary/aromatic N) is 2. The van der Waals surface area contributed by atoms with Gasteiger partial charge in [0.25, 0.3) is 0 Å². The van der Waals surface area contributed by atoms with Crippen LogP contribution in [0.5, 0.6) is 0 Å². The van der Waals surface area contributed by atoms with Crippen LogP contribution >= 0.6 is 23.2 Å². The lowest BCUT2D eigenvalue weighted by molar-refractivity contribution is -0.606. The number of aromatic nitrogens is 2. The molecule has 6 heteroatoms. The van der Waals surface area contributed by atoms with Crippen molar-refractivity contribution in [3.63, 3.8) is 0 Å². The third kappa shape index (κ3) is 3.03. The number of hydrogen-bond donors (Lipinski definition) is 0. The molecule has 4 nitrogen and oxygen atoms in total. The summed E-state index contributed by atoms with van der Waals surface area (Å²) in [6.45, 7) is 0. The number of rotatable bonds is 3. The minimum Gasteiger partial charge on any atom is -0.619 e. The van der Waals surface area contributed by atoms with E-state index in [1.54, 1.807) is 12.1 Å². The lowest BCUT2D eigenvalue weighted by Gasteiger charge is -2.05. The molecule has 0 amide bonds. The highest BCUT2D eigenvalue weighted by molar-refractivity contribution is 6.31. The van der Waals surface area contributed by atoms with Gasteiger partial charge < -0.3 is 10.4 Å². The Balaban J connectivity index is 2.16. The minimum atomic E-state index is 0.532. The summed E-state index contributed by atoms with van der Waals surface area (Å²) in [5.41, 5.74) is 1.46. The molecule has 0 aromatic carbocycles. The van der Waals surface area contributed by atoms with Crippen LogP contribution in [0.25, 0.3) is 0 Å². The molecule has 0 N–H and O–H groups in total. The second-order valence-corrected chi connectivity index (χ2v) is 4.67. The lowest BCUT2D eigenvalue weighted by atomic mass is 10.1. The van der Waals surface area contributed by atoms with Gasteiger partial charge in [-0.1, -0.05) is 23.2 Å². The van der Waals surface area contributed by atoms with E-state index in [4.69, 9.17) is 23.2 Å². The minimum absolute atomic E-state index is 0.532. The van der Waals surface area contributed by atoms with Crippen LogP contribution in [-0.2, 0) is 12.8 Å². The van der Waals surface area contributed by atoms with Gasteiger partial charge in [-0.3, -0.25) is 0 Å². The van der Waals surface area contributed by atoms with E-state index in [0.29, 0.717) is 32.3 Å². The Bertz CT molecular complexity index is 524. The Kier molecular flexibility index (Phi) is 3.89. The van der Waals surface area contributed by atoms with Crippen molar-refractivity contribution in [3.8, 4) is 0 Å². The third-order valence-electron chi connectivity index (χ3n) is 2.58. The fourth-order valence-corrected chi connectivity index (χ4v) is 2.04. The molecule has 0 radical (unpaired) electrons. The van der Waals surface area contributed by atoms with E-state index in [9.17, 15) is 10.4 Å². The van der Waals surface area contributed by atoms with Gasteiger partial charge in [0.15, 0.2) is 24.8 Å². The largest absolute Gasteiger partial charge is 0.619 e. The Morgan fingerprint density at radius 2 is 1.22 bits per heavy atom. The molecule has 0 unspecified atom stereocenters. The summed E-state index contributed by atoms with van der Waals surface area (Å²) in [6, 6.07) is 3.09. The summed E-state index contributed by atoms with van der Waals surface area (Å²) < 4.78 is 1.39. The lowest BCUT2D eigenvalue weighted by Crippen LogP contribution is -2.26. The first-order chi connectivity index (χ1) is 8.56.